The van der Waals surface area contributed by atoms with Crippen LogP contribution >= 0.6 is 0 Å². The van der Waals surface area contributed by atoms with Gasteiger partial charge in [-0.05, 0) is 63.0 Å². The summed E-state index contributed by atoms with van der Waals surface area (Å²) in [4.78, 5) is 26.4. The lowest BCUT2D eigenvalue weighted by Gasteiger charge is -2.10. The van der Waals surface area contributed by atoms with Crippen molar-refractivity contribution in [2.45, 2.75) is 13.5 Å². The van der Waals surface area contributed by atoms with Crippen molar-refractivity contribution in [3.63, 3.8) is 0 Å². The van der Waals surface area contributed by atoms with Gasteiger partial charge >= 0.3 is 5.76 Å². The maximum atomic E-state index is 13.4. The fraction of sp³-hybridized carbons (Fsp3) is 0.263. The van der Waals surface area contributed by atoms with Gasteiger partial charge in [0.05, 0.1) is 5.52 Å². The quantitative estimate of drug-likeness (QED) is 0.762. The average Bonchev–Trinajstić information content (AvgIpc) is 2.90. The topological polar surface area (TPSA) is 67.5 Å². The summed E-state index contributed by atoms with van der Waals surface area (Å²) in [5, 5.41) is 2.77. The molecule has 1 aromatic heterocycles. The van der Waals surface area contributed by atoms with Crippen LogP contribution in [0.2, 0.25) is 0 Å². The Morgan fingerprint density at radius 3 is 2.69 bits per heavy atom. The van der Waals surface area contributed by atoms with Crippen molar-refractivity contribution >= 4 is 22.7 Å². The predicted octanol–water partition coefficient (Wildman–Crippen LogP) is 2.86. The number of oxazole rings is 1. The summed E-state index contributed by atoms with van der Waals surface area (Å²) >= 11 is 0. The lowest BCUT2D eigenvalue weighted by Crippen LogP contribution is -2.23. The highest BCUT2D eigenvalue weighted by molar-refractivity contribution is 6.05. The Morgan fingerprint density at radius 2 is 2.00 bits per heavy atom. The number of benzene rings is 2. The molecule has 0 unspecified atom stereocenters. The van der Waals surface area contributed by atoms with Crippen LogP contribution in [0.4, 0.5) is 10.1 Å². The van der Waals surface area contributed by atoms with E-state index >= 15 is 0 Å². The summed E-state index contributed by atoms with van der Waals surface area (Å²) < 4.78 is 20.1. The molecule has 26 heavy (non-hydrogen) atoms. The summed E-state index contributed by atoms with van der Waals surface area (Å²) in [7, 11) is 3.84. The lowest BCUT2D eigenvalue weighted by molar-refractivity contribution is 0.102. The monoisotopic (exact) mass is 357 g/mol. The number of fused-ring (bicyclic) bond motifs is 1. The third kappa shape index (κ3) is 3.67. The van der Waals surface area contributed by atoms with E-state index in [1.54, 1.807) is 25.1 Å². The molecule has 7 heteroatoms. The third-order valence-corrected chi connectivity index (χ3v) is 4.12. The van der Waals surface area contributed by atoms with Crippen molar-refractivity contribution in [1.29, 1.82) is 0 Å². The van der Waals surface area contributed by atoms with E-state index in [-0.39, 0.29) is 11.7 Å². The Kier molecular flexibility index (Phi) is 4.90. The molecule has 3 rings (SSSR count). The molecule has 136 valence electrons. The smallest absolute Gasteiger partial charge is 0.408 e. The van der Waals surface area contributed by atoms with Crippen LogP contribution in [0, 0.1) is 12.7 Å². The van der Waals surface area contributed by atoms with Crippen molar-refractivity contribution in [2.24, 2.45) is 0 Å². The molecule has 0 aliphatic heterocycles. The molecule has 0 aliphatic rings. The lowest BCUT2D eigenvalue weighted by atomic mass is 10.1. The highest BCUT2D eigenvalue weighted by Crippen LogP contribution is 2.20. The van der Waals surface area contributed by atoms with Crippen LogP contribution in [-0.4, -0.2) is 36.0 Å². The van der Waals surface area contributed by atoms with Crippen molar-refractivity contribution in [1.82, 2.24) is 9.47 Å². The van der Waals surface area contributed by atoms with Crippen LogP contribution in [0.5, 0.6) is 0 Å². The summed E-state index contributed by atoms with van der Waals surface area (Å²) in [6, 6.07) is 9.20. The fourth-order valence-electron chi connectivity index (χ4n) is 2.64. The van der Waals surface area contributed by atoms with Crippen molar-refractivity contribution < 1.29 is 13.6 Å². The Morgan fingerprint density at radius 1 is 1.23 bits per heavy atom. The number of aromatic nitrogens is 1. The summed E-state index contributed by atoms with van der Waals surface area (Å²) in [6.45, 7) is 2.76. The van der Waals surface area contributed by atoms with E-state index in [0.717, 1.165) is 0 Å². The van der Waals surface area contributed by atoms with Gasteiger partial charge in [0.1, 0.15) is 5.82 Å². The number of aryl methyl sites for hydroxylation is 1. The van der Waals surface area contributed by atoms with Crippen molar-refractivity contribution in [3.05, 3.63) is 63.9 Å². The number of hydrogen-bond donors (Lipinski definition) is 1. The second-order valence-electron chi connectivity index (χ2n) is 6.42. The SMILES string of the molecule is Cc1cc(C(=O)Nc2ccc3oc(=O)n(CCN(C)C)c3c2)ccc1F. The van der Waals surface area contributed by atoms with E-state index in [4.69, 9.17) is 4.42 Å². The van der Waals surface area contributed by atoms with Crippen LogP contribution in [0.25, 0.3) is 11.1 Å². The van der Waals surface area contributed by atoms with Crippen LogP contribution in [-0.2, 0) is 6.54 Å². The zero-order valence-corrected chi connectivity index (χ0v) is 14.9. The largest absolute Gasteiger partial charge is 0.419 e. The van der Waals surface area contributed by atoms with Crippen LogP contribution in [0.3, 0.4) is 0 Å². The molecule has 0 radical (unpaired) electrons. The maximum absolute atomic E-state index is 13.4. The molecule has 1 amide bonds. The van der Waals surface area contributed by atoms with E-state index in [1.165, 1.54) is 22.8 Å². The molecular weight excluding hydrogens is 337 g/mol. The molecular formula is C19H20FN3O3. The van der Waals surface area contributed by atoms with Gasteiger partial charge in [0.25, 0.3) is 5.91 Å². The second-order valence-corrected chi connectivity index (χ2v) is 6.42. The van der Waals surface area contributed by atoms with Gasteiger partial charge in [0, 0.05) is 24.3 Å². The zero-order valence-electron chi connectivity index (χ0n) is 14.9. The highest BCUT2D eigenvalue weighted by Gasteiger charge is 2.12. The van der Waals surface area contributed by atoms with Crippen LogP contribution < -0.4 is 11.1 Å². The molecule has 0 aliphatic carbocycles. The van der Waals surface area contributed by atoms with Crippen molar-refractivity contribution in [3.8, 4) is 0 Å². The average molecular weight is 357 g/mol. The molecule has 0 saturated heterocycles. The van der Waals surface area contributed by atoms with Crippen LogP contribution in [0.1, 0.15) is 15.9 Å². The molecule has 0 fully saturated rings. The Balaban J connectivity index is 1.88. The molecule has 0 saturated carbocycles. The van der Waals surface area contributed by atoms with Crippen molar-refractivity contribution in [2.75, 3.05) is 26.0 Å². The minimum absolute atomic E-state index is 0.349. The summed E-state index contributed by atoms with van der Waals surface area (Å²) in [6.07, 6.45) is 0. The van der Waals surface area contributed by atoms with Gasteiger partial charge in [-0.1, -0.05) is 0 Å². The molecule has 2 aromatic carbocycles. The number of anilines is 1. The zero-order chi connectivity index (χ0) is 18.8. The number of carbonyl (C=O) groups is 1. The van der Waals surface area contributed by atoms with Gasteiger partial charge in [0.15, 0.2) is 5.58 Å². The van der Waals surface area contributed by atoms with Gasteiger partial charge in [-0.2, -0.15) is 0 Å². The van der Waals surface area contributed by atoms with E-state index in [2.05, 4.69) is 5.32 Å². The van der Waals surface area contributed by atoms with E-state index in [0.29, 0.717) is 41.0 Å². The molecule has 6 nitrogen and oxygen atoms in total. The number of carbonyl (C=O) groups excluding carboxylic acids is 1. The first-order chi connectivity index (χ1) is 12.3. The van der Waals surface area contributed by atoms with Gasteiger partial charge in [-0.3, -0.25) is 9.36 Å². The Hall–Kier alpha value is -2.93. The molecule has 3 aromatic rings. The predicted molar refractivity (Wildman–Crippen MR) is 98.1 cm³/mol. The van der Waals surface area contributed by atoms with Gasteiger partial charge < -0.3 is 14.6 Å². The molecule has 1 heterocycles. The normalized spacial score (nSPS) is 11.3. The number of nitrogens with one attached hydrogen (secondary N) is 1. The number of rotatable bonds is 5. The Labute approximate surface area is 149 Å². The van der Waals surface area contributed by atoms with Gasteiger partial charge in [-0.25, -0.2) is 9.18 Å². The minimum Gasteiger partial charge on any atom is -0.408 e. The molecule has 1 N–H and O–H groups in total. The molecule has 0 bridgehead atoms. The third-order valence-electron chi connectivity index (χ3n) is 4.12. The van der Waals surface area contributed by atoms with Gasteiger partial charge in [0.2, 0.25) is 0 Å². The fourth-order valence-corrected chi connectivity index (χ4v) is 2.64. The summed E-state index contributed by atoms with van der Waals surface area (Å²) in [5.74, 6) is -1.14. The first-order valence-electron chi connectivity index (χ1n) is 8.21. The van der Waals surface area contributed by atoms with Gasteiger partial charge in [-0.15, -0.1) is 0 Å². The standard InChI is InChI=1S/C19H20FN3O3/c1-12-10-13(4-6-15(12)20)18(24)21-14-5-7-17-16(11-14)23(19(25)26-17)9-8-22(2)3/h4-7,10-11H,8-9H2,1-3H3,(H,21,24). The van der Waals surface area contributed by atoms with E-state index < -0.39 is 5.76 Å². The molecule has 0 spiro atoms. The number of hydrogen-bond acceptors (Lipinski definition) is 4. The van der Waals surface area contributed by atoms with E-state index in [9.17, 15) is 14.0 Å². The highest BCUT2D eigenvalue weighted by atomic mass is 19.1. The summed E-state index contributed by atoms with van der Waals surface area (Å²) in [5.41, 5.74) is 2.37. The number of nitrogens with zero attached hydrogens (tertiary/aromatic N) is 2. The first-order valence-corrected chi connectivity index (χ1v) is 8.21. The van der Waals surface area contributed by atoms with Crippen LogP contribution in [0.15, 0.2) is 45.6 Å². The number of likely N-dealkylation sites (N-methyl/N-ethyl adjacent to an activating group) is 1. The first kappa shape index (κ1) is 17.9. The maximum Gasteiger partial charge on any atom is 0.419 e. The Bertz CT molecular complexity index is 1020. The minimum atomic E-state index is -0.431. The van der Waals surface area contributed by atoms with E-state index in [1.807, 2.05) is 19.0 Å². The second kappa shape index (κ2) is 7.13. The number of amides is 1. The number of halogens is 1. The molecule has 0 atom stereocenters.